The van der Waals surface area contributed by atoms with Gasteiger partial charge in [-0.3, -0.25) is 4.57 Å². The Hall–Kier alpha value is -1.42. The highest BCUT2D eigenvalue weighted by molar-refractivity contribution is 14.0. The van der Waals surface area contributed by atoms with E-state index in [1.54, 1.807) is 0 Å². The second-order valence-electron chi connectivity index (χ2n) is 5.03. The van der Waals surface area contributed by atoms with Gasteiger partial charge >= 0.3 is 6.55 Å². The van der Waals surface area contributed by atoms with Crippen LogP contribution in [-0.4, -0.2) is 28.6 Å². The van der Waals surface area contributed by atoms with E-state index in [9.17, 15) is 8.78 Å². The Morgan fingerprint density at radius 3 is 2.84 bits per heavy atom. The lowest BCUT2D eigenvalue weighted by Gasteiger charge is -2.12. The molecule has 0 aliphatic rings. The van der Waals surface area contributed by atoms with Crippen LogP contribution in [0, 0.1) is 0 Å². The molecule has 0 atom stereocenters. The summed E-state index contributed by atoms with van der Waals surface area (Å²) in [6, 6.07) is 7.64. The maximum atomic E-state index is 12.8. The predicted octanol–water partition coefficient (Wildman–Crippen LogP) is 3.85. The lowest BCUT2D eigenvalue weighted by Crippen LogP contribution is -2.38. The minimum absolute atomic E-state index is 0. The first-order valence-corrected chi connectivity index (χ1v) is 8.04. The van der Waals surface area contributed by atoms with Crippen molar-refractivity contribution in [1.82, 2.24) is 20.2 Å². The molecule has 0 aliphatic carbocycles. The molecule has 5 nitrogen and oxygen atoms in total. The number of hydrogen-bond donors (Lipinski definition) is 2. The SMILES string of the molecule is CCNC(=NCc1nccn1C(F)F)NCCc1cccc(Cl)c1.I. The molecule has 9 heteroatoms. The van der Waals surface area contributed by atoms with Crippen molar-refractivity contribution in [2.75, 3.05) is 13.1 Å². The fraction of sp³-hybridized carbons (Fsp3) is 0.375. The van der Waals surface area contributed by atoms with E-state index in [2.05, 4.69) is 20.6 Å². The Labute approximate surface area is 167 Å². The zero-order valence-corrected chi connectivity index (χ0v) is 16.8. The standard InChI is InChI=1S/C16H20ClF2N5.HI/c1-2-20-16(22-7-6-12-4-3-5-13(17)10-12)23-11-14-21-8-9-24(14)15(18)19;/h3-5,8-10,15H,2,6-7,11H2,1H3,(H2,20,22,23);1H. The smallest absolute Gasteiger partial charge is 0.319 e. The lowest BCUT2D eigenvalue weighted by atomic mass is 10.1. The number of imidazole rings is 1. The first-order chi connectivity index (χ1) is 11.6. The summed E-state index contributed by atoms with van der Waals surface area (Å²) in [7, 11) is 0. The van der Waals surface area contributed by atoms with E-state index in [1.807, 2.05) is 31.2 Å². The number of nitrogens with one attached hydrogen (secondary N) is 2. The molecule has 1 aromatic heterocycles. The minimum atomic E-state index is -2.61. The summed E-state index contributed by atoms with van der Waals surface area (Å²) in [5, 5.41) is 6.95. The molecule has 2 rings (SSSR count). The van der Waals surface area contributed by atoms with Crippen LogP contribution >= 0.6 is 35.6 Å². The van der Waals surface area contributed by atoms with Gasteiger partial charge in [-0.15, -0.1) is 24.0 Å². The average molecular weight is 484 g/mol. The van der Waals surface area contributed by atoms with Crippen LogP contribution in [-0.2, 0) is 13.0 Å². The van der Waals surface area contributed by atoms with Crippen molar-refractivity contribution in [3.8, 4) is 0 Å². The van der Waals surface area contributed by atoms with Gasteiger partial charge in [0.1, 0.15) is 12.4 Å². The van der Waals surface area contributed by atoms with E-state index in [0.29, 0.717) is 24.1 Å². The number of hydrogen-bond acceptors (Lipinski definition) is 2. The first kappa shape index (κ1) is 21.6. The van der Waals surface area contributed by atoms with Crippen LogP contribution in [0.5, 0.6) is 0 Å². The summed E-state index contributed by atoms with van der Waals surface area (Å²) in [6.45, 7) is 0.718. The number of nitrogens with zero attached hydrogens (tertiary/aromatic N) is 3. The molecule has 2 N–H and O–H groups in total. The highest BCUT2D eigenvalue weighted by Crippen LogP contribution is 2.13. The van der Waals surface area contributed by atoms with E-state index in [-0.39, 0.29) is 36.3 Å². The van der Waals surface area contributed by atoms with Gasteiger partial charge in [-0.2, -0.15) is 8.78 Å². The first-order valence-electron chi connectivity index (χ1n) is 7.66. The third-order valence-electron chi connectivity index (χ3n) is 3.28. The van der Waals surface area contributed by atoms with Crippen LogP contribution in [0.1, 0.15) is 24.9 Å². The van der Waals surface area contributed by atoms with Gasteiger partial charge in [-0.25, -0.2) is 9.98 Å². The molecule has 0 amide bonds. The number of aromatic nitrogens is 2. The molecule has 1 aromatic carbocycles. The third kappa shape index (κ3) is 7.15. The van der Waals surface area contributed by atoms with Gasteiger partial charge in [0.05, 0.1) is 0 Å². The molecule has 138 valence electrons. The van der Waals surface area contributed by atoms with Crippen molar-refractivity contribution in [3.05, 3.63) is 53.1 Å². The molecule has 0 unspecified atom stereocenters. The monoisotopic (exact) mass is 483 g/mol. The average Bonchev–Trinajstić information content (AvgIpc) is 3.01. The normalized spacial score (nSPS) is 11.3. The molecule has 0 radical (unpaired) electrons. The topological polar surface area (TPSA) is 54.2 Å². The zero-order valence-electron chi connectivity index (χ0n) is 13.8. The van der Waals surface area contributed by atoms with Gasteiger partial charge in [-0.1, -0.05) is 23.7 Å². The summed E-state index contributed by atoms with van der Waals surface area (Å²) in [5.41, 5.74) is 1.11. The maximum absolute atomic E-state index is 12.8. The number of rotatable bonds is 7. The molecule has 0 saturated carbocycles. The van der Waals surface area contributed by atoms with Crippen LogP contribution in [0.4, 0.5) is 8.78 Å². The Morgan fingerprint density at radius 1 is 1.36 bits per heavy atom. The van der Waals surface area contributed by atoms with E-state index in [4.69, 9.17) is 11.6 Å². The van der Waals surface area contributed by atoms with E-state index < -0.39 is 6.55 Å². The van der Waals surface area contributed by atoms with Gasteiger partial charge in [0.2, 0.25) is 0 Å². The van der Waals surface area contributed by atoms with Crippen LogP contribution in [0.25, 0.3) is 0 Å². The Bertz CT molecular complexity index is 678. The van der Waals surface area contributed by atoms with E-state index in [1.165, 1.54) is 12.4 Å². The largest absolute Gasteiger partial charge is 0.357 e. The van der Waals surface area contributed by atoms with E-state index in [0.717, 1.165) is 16.6 Å². The van der Waals surface area contributed by atoms with Crippen LogP contribution in [0.15, 0.2) is 41.7 Å². The van der Waals surface area contributed by atoms with Crippen LogP contribution < -0.4 is 10.6 Å². The second kappa shape index (κ2) is 11.2. The summed E-state index contributed by atoms with van der Waals surface area (Å²) in [6.07, 6.45) is 3.36. The minimum Gasteiger partial charge on any atom is -0.357 e. The molecule has 0 bridgehead atoms. The highest BCUT2D eigenvalue weighted by Gasteiger charge is 2.10. The number of aliphatic imine (C=N–C) groups is 1. The van der Waals surface area contributed by atoms with Crippen LogP contribution in [0.2, 0.25) is 5.02 Å². The van der Waals surface area contributed by atoms with Gasteiger partial charge < -0.3 is 10.6 Å². The molecular formula is C16H21ClF2IN5. The van der Waals surface area contributed by atoms with Crippen molar-refractivity contribution < 1.29 is 8.78 Å². The van der Waals surface area contributed by atoms with Gasteiger partial charge in [0, 0.05) is 30.5 Å². The fourth-order valence-electron chi connectivity index (χ4n) is 2.15. The molecular weight excluding hydrogens is 463 g/mol. The molecule has 25 heavy (non-hydrogen) atoms. The van der Waals surface area contributed by atoms with Gasteiger partial charge in [0.15, 0.2) is 5.96 Å². The Kier molecular flexibility index (Phi) is 9.73. The molecule has 0 saturated heterocycles. The second-order valence-corrected chi connectivity index (χ2v) is 5.47. The summed E-state index contributed by atoms with van der Waals surface area (Å²) in [4.78, 5) is 8.21. The van der Waals surface area contributed by atoms with Crippen molar-refractivity contribution in [2.24, 2.45) is 4.99 Å². The van der Waals surface area contributed by atoms with Crippen molar-refractivity contribution in [2.45, 2.75) is 26.4 Å². The molecule has 0 spiro atoms. The fourth-order valence-corrected chi connectivity index (χ4v) is 2.37. The van der Waals surface area contributed by atoms with Crippen molar-refractivity contribution >= 4 is 41.5 Å². The number of benzene rings is 1. The van der Waals surface area contributed by atoms with E-state index >= 15 is 0 Å². The highest BCUT2D eigenvalue weighted by atomic mass is 127. The number of halogens is 4. The summed E-state index contributed by atoms with van der Waals surface area (Å²) >= 11 is 5.96. The predicted molar refractivity (Wildman–Crippen MR) is 107 cm³/mol. The zero-order chi connectivity index (χ0) is 17.4. The molecule has 0 fully saturated rings. The third-order valence-corrected chi connectivity index (χ3v) is 3.51. The Balaban J connectivity index is 0.00000312. The Morgan fingerprint density at radius 2 is 2.16 bits per heavy atom. The number of alkyl halides is 2. The lowest BCUT2D eigenvalue weighted by molar-refractivity contribution is 0.0671. The van der Waals surface area contributed by atoms with Crippen molar-refractivity contribution in [3.63, 3.8) is 0 Å². The van der Waals surface area contributed by atoms with Gasteiger partial charge in [0.25, 0.3) is 0 Å². The quantitative estimate of drug-likeness (QED) is 0.357. The summed E-state index contributed by atoms with van der Waals surface area (Å²) < 4.78 is 26.4. The number of guanidine groups is 1. The molecule has 0 aliphatic heterocycles. The van der Waals surface area contributed by atoms with Crippen LogP contribution in [0.3, 0.4) is 0 Å². The summed E-state index contributed by atoms with van der Waals surface area (Å²) in [5.74, 6) is 0.778. The maximum Gasteiger partial charge on any atom is 0.319 e. The van der Waals surface area contributed by atoms with Gasteiger partial charge in [-0.05, 0) is 31.0 Å². The van der Waals surface area contributed by atoms with Crippen molar-refractivity contribution in [1.29, 1.82) is 0 Å². The molecule has 2 aromatic rings. The molecule has 1 heterocycles.